The molecule has 1 saturated heterocycles. The van der Waals surface area contributed by atoms with E-state index in [1.807, 2.05) is 24.3 Å². The summed E-state index contributed by atoms with van der Waals surface area (Å²) in [5.74, 6) is 1.70. The molecule has 2 heterocycles. The van der Waals surface area contributed by atoms with E-state index in [2.05, 4.69) is 48.9 Å². The molecule has 0 unspecified atom stereocenters. The van der Waals surface area contributed by atoms with E-state index in [1.54, 1.807) is 14.2 Å². The van der Waals surface area contributed by atoms with Gasteiger partial charge in [-0.1, -0.05) is 11.6 Å². The molecule has 1 aromatic heterocycles. The first-order valence-electron chi connectivity index (χ1n) is 10.0. The second-order valence-electron chi connectivity index (χ2n) is 7.39. The molecule has 158 valence electrons. The maximum atomic E-state index is 6.45. The van der Waals surface area contributed by atoms with E-state index in [1.165, 1.54) is 5.69 Å². The van der Waals surface area contributed by atoms with Crippen LogP contribution in [0.4, 0.5) is 5.69 Å². The zero-order valence-corrected chi connectivity index (χ0v) is 19.5. The fourth-order valence-electron chi connectivity index (χ4n) is 3.83. The molecule has 0 aliphatic carbocycles. The summed E-state index contributed by atoms with van der Waals surface area (Å²) in [7, 11) is 3.38. The predicted molar refractivity (Wildman–Crippen MR) is 126 cm³/mol. The van der Waals surface area contributed by atoms with Crippen LogP contribution in [0.3, 0.4) is 0 Å². The molecule has 1 aliphatic rings. The number of anilines is 1. The summed E-state index contributed by atoms with van der Waals surface area (Å²) < 4.78 is 11.7. The Hall–Kier alpha value is -2.02. The zero-order valence-electron chi connectivity index (χ0n) is 17.2. The van der Waals surface area contributed by atoms with Crippen LogP contribution in [0.25, 0.3) is 10.9 Å². The molecule has 0 atom stereocenters. The van der Waals surface area contributed by atoms with Gasteiger partial charge in [-0.2, -0.15) is 0 Å². The monoisotopic (exact) mass is 489 g/mol. The summed E-state index contributed by atoms with van der Waals surface area (Å²) >= 11 is 9.98. The molecule has 0 radical (unpaired) electrons. The highest BCUT2D eigenvalue weighted by atomic mass is 79.9. The molecule has 0 saturated carbocycles. The van der Waals surface area contributed by atoms with Crippen molar-refractivity contribution >= 4 is 44.1 Å². The van der Waals surface area contributed by atoms with Gasteiger partial charge < -0.3 is 14.4 Å². The minimum Gasteiger partial charge on any atom is -0.497 e. The fourth-order valence-corrected chi connectivity index (χ4v) is 4.48. The Labute approximate surface area is 190 Å². The third-order valence-corrected chi connectivity index (χ3v) is 6.60. The van der Waals surface area contributed by atoms with E-state index in [0.717, 1.165) is 71.6 Å². The van der Waals surface area contributed by atoms with Crippen molar-refractivity contribution in [1.29, 1.82) is 0 Å². The van der Waals surface area contributed by atoms with Crippen molar-refractivity contribution in [2.24, 2.45) is 0 Å². The largest absolute Gasteiger partial charge is 0.497 e. The first-order valence-corrected chi connectivity index (χ1v) is 11.2. The summed E-state index contributed by atoms with van der Waals surface area (Å²) in [4.78, 5) is 9.45. The minimum absolute atomic E-state index is 0.591. The second kappa shape index (κ2) is 9.41. The summed E-state index contributed by atoms with van der Waals surface area (Å²) in [5.41, 5.74) is 3.17. The molecule has 2 aromatic carbocycles. The van der Waals surface area contributed by atoms with Gasteiger partial charge in [-0.05, 0) is 64.3 Å². The summed E-state index contributed by atoms with van der Waals surface area (Å²) in [6, 6.07) is 14.3. The number of aromatic nitrogens is 1. The molecular weight excluding hydrogens is 466 g/mol. The zero-order chi connectivity index (χ0) is 21.1. The molecule has 1 fully saturated rings. The van der Waals surface area contributed by atoms with Crippen molar-refractivity contribution in [3.63, 3.8) is 0 Å². The van der Waals surface area contributed by atoms with Crippen LogP contribution in [0.2, 0.25) is 5.15 Å². The standard InChI is InChI=1S/C23H25BrClN3O2/c1-29-19-4-6-21-17(14-19)13-16(23(25)26-21)7-8-27-9-11-28(12-10-27)18-3-5-20(24)22(15-18)30-2/h3-6,13-15H,7-12H2,1-2H3. The maximum absolute atomic E-state index is 6.45. The Morgan fingerprint density at radius 2 is 1.80 bits per heavy atom. The molecule has 5 nitrogen and oxygen atoms in total. The van der Waals surface area contributed by atoms with Crippen molar-refractivity contribution < 1.29 is 9.47 Å². The van der Waals surface area contributed by atoms with Crippen LogP contribution in [0.1, 0.15) is 5.56 Å². The minimum atomic E-state index is 0.591. The number of ether oxygens (including phenoxy) is 2. The third-order valence-electron chi connectivity index (χ3n) is 5.62. The predicted octanol–water partition coefficient (Wildman–Crippen LogP) is 5.03. The lowest BCUT2D eigenvalue weighted by Gasteiger charge is -2.36. The lowest BCUT2D eigenvalue weighted by atomic mass is 10.1. The van der Waals surface area contributed by atoms with Gasteiger partial charge in [-0.3, -0.25) is 4.90 Å². The van der Waals surface area contributed by atoms with Gasteiger partial charge >= 0.3 is 0 Å². The Kier molecular flexibility index (Phi) is 6.66. The number of nitrogens with zero attached hydrogens (tertiary/aromatic N) is 3. The average molecular weight is 491 g/mol. The van der Waals surface area contributed by atoms with E-state index in [0.29, 0.717) is 5.15 Å². The highest BCUT2D eigenvalue weighted by molar-refractivity contribution is 9.10. The van der Waals surface area contributed by atoms with Gasteiger partial charge in [0, 0.05) is 49.9 Å². The van der Waals surface area contributed by atoms with Crippen molar-refractivity contribution in [2.45, 2.75) is 6.42 Å². The summed E-state index contributed by atoms with van der Waals surface area (Å²) in [5, 5.41) is 1.65. The van der Waals surface area contributed by atoms with E-state index in [4.69, 9.17) is 21.1 Å². The number of piperazine rings is 1. The number of hydrogen-bond donors (Lipinski definition) is 0. The van der Waals surface area contributed by atoms with Crippen LogP contribution in [0, 0.1) is 0 Å². The number of fused-ring (bicyclic) bond motifs is 1. The first kappa shape index (κ1) is 21.2. The van der Waals surface area contributed by atoms with Crippen molar-refractivity contribution in [1.82, 2.24) is 9.88 Å². The van der Waals surface area contributed by atoms with E-state index in [-0.39, 0.29) is 0 Å². The first-order chi connectivity index (χ1) is 14.6. The molecule has 0 spiro atoms. The van der Waals surface area contributed by atoms with Gasteiger partial charge in [-0.25, -0.2) is 4.98 Å². The van der Waals surface area contributed by atoms with Gasteiger partial charge in [0.2, 0.25) is 0 Å². The molecule has 1 aliphatic heterocycles. The van der Waals surface area contributed by atoms with Gasteiger partial charge in [0.25, 0.3) is 0 Å². The van der Waals surface area contributed by atoms with Crippen molar-refractivity contribution in [2.75, 3.05) is 51.8 Å². The highest BCUT2D eigenvalue weighted by Gasteiger charge is 2.18. The highest BCUT2D eigenvalue weighted by Crippen LogP contribution is 2.30. The van der Waals surface area contributed by atoms with Crippen molar-refractivity contribution in [3.05, 3.63) is 57.7 Å². The topological polar surface area (TPSA) is 37.8 Å². The SMILES string of the molecule is COc1ccc2nc(Cl)c(CCN3CCN(c4ccc(Br)c(OC)c4)CC3)cc2c1. The Morgan fingerprint density at radius 3 is 2.53 bits per heavy atom. The number of rotatable bonds is 6. The molecule has 0 amide bonds. The normalized spacial score (nSPS) is 14.9. The third kappa shape index (κ3) is 4.66. The van der Waals surface area contributed by atoms with Crippen LogP contribution in [0.15, 0.2) is 46.9 Å². The molecular formula is C23H25BrClN3O2. The number of methoxy groups -OCH3 is 2. The Morgan fingerprint density at radius 1 is 1.00 bits per heavy atom. The van der Waals surface area contributed by atoms with Crippen molar-refractivity contribution in [3.8, 4) is 11.5 Å². The van der Waals surface area contributed by atoms with Crippen LogP contribution < -0.4 is 14.4 Å². The second-order valence-corrected chi connectivity index (χ2v) is 8.61. The lowest BCUT2D eigenvalue weighted by Crippen LogP contribution is -2.47. The molecule has 7 heteroatoms. The van der Waals surface area contributed by atoms with E-state index >= 15 is 0 Å². The summed E-state index contributed by atoms with van der Waals surface area (Å²) in [6.45, 7) is 4.99. The number of hydrogen-bond acceptors (Lipinski definition) is 5. The van der Waals surface area contributed by atoms with Gasteiger partial charge in [0.05, 0.1) is 24.2 Å². The van der Waals surface area contributed by atoms with Gasteiger partial charge in [0.15, 0.2) is 0 Å². The molecule has 0 bridgehead atoms. The smallest absolute Gasteiger partial charge is 0.135 e. The quantitative estimate of drug-likeness (QED) is 0.453. The summed E-state index contributed by atoms with van der Waals surface area (Å²) in [6.07, 6.45) is 0.880. The lowest BCUT2D eigenvalue weighted by molar-refractivity contribution is 0.261. The fraction of sp³-hybridized carbons (Fsp3) is 0.348. The van der Waals surface area contributed by atoms with Gasteiger partial charge in [-0.15, -0.1) is 0 Å². The van der Waals surface area contributed by atoms with E-state index < -0.39 is 0 Å². The van der Waals surface area contributed by atoms with E-state index in [9.17, 15) is 0 Å². The van der Waals surface area contributed by atoms with Crippen LogP contribution in [-0.4, -0.2) is 56.8 Å². The molecule has 30 heavy (non-hydrogen) atoms. The number of pyridine rings is 1. The molecule has 3 aromatic rings. The van der Waals surface area contributed by atoms with Crippen LogP contribution in [0.5, 0.6) is 11.5 Å². The molecule has 4 rings (SSSR count). The average Bonchev–Trinajstić information content (AvgIpc) is 2.78. The maximum Gasteiger partial charge on any atom is 0.135 e. The number of benzene rings is 2. The Bertz CT molecular complexity index is 1040. The van der Waals surface area contributed by atoms with Gasteiger partial charge in [0.1, 0.15) is 16.7 Å². The van der Waals surface area contributed by atoms with Crippen LogP contribution in [-0.2, 0) is 6.42 Å². The molecule has 0 N–H and O–H groups in total. The Balaban J connectivity index is 1.37. The van der Waals surface area contributed by atoms with Crippen LogP contribution >= 0.6 is 27.5 Å². The number of halogens is 2.